The van der Waals surface area contributed by atoms with Crippen molar-refractivity contribution in [3.63, 3.8) is 0 Å². The predicted octanol–water partition coefficient (Wildman–Crippen LogP) is 4.52. The third-order valence-electron chi connectivity index (χ3n) is 3.51. The van der Waals surface area contributed by atoms with E-state index in [0.29, 0.717) is 19.8 Å². The highest BCUT2D eigenvalue weighted by Gasteiger charge is 2.27. The first-order valence-corrected chi connectivity index (χ1v) is 11.9. The zero-order valence-corrected chi connectivity index (χ0v) is 16.7. The molecule has 0 fully saturated rings. The van der Waals surface area contributed by atoms with Gasteiger partial charge in [0.05, 0.1) is 19.5 Å². The molecule has 0 amide bonds. The maximum absolute atomic E-state index is 12.7. The molecule has 0 aliphatic rings. The molecule has 0 aromatic carbocycles. The smallest absolute Gasteiger partial charge is 0.344 e. The molecule has 8 heteroatoms. The molecule has 0 saturated carbocycles. The number of nitrogens with zero attached hydrogens (tertiary/aromatic N) is 1. The van der Waals surface area contributed by atoms with Crippen molar-refractivity contribution in [1.29, 1.82) is 0 Å². The van der Waals surface area contributed by atoms with Crippen LogP contribution in [0, 0.1) is 0 Å². The van der Waals surface area contributed by atoms with E-state index in [1.165, 1.54) is 32.1 Å². The first-order valence-electron chi connectivity index (χ1n) is 8.73. The van der Waals surface area contributed by atoms with E-state index in [9.17, 15) is 4.57 Å². The number of rotatable bonds is 16. The van der Waals surface area contributed by atoms with Crippen LogP contribution in [-0.4, -0.2) is 47.0 Å². The minimum Gasteiger partial charge on any atom is -0.349 e. The number of hydrogen-bond donors (Lipinski definition) is 2. The van der Waals surface area contributed by atoms with Crippen LogP contribution in [0.4, 0.5) is 0 Å². The first kappa shape index (κ1) is 23.5. The van der Waals surface area contributed by atoms with Gasteiger partial charge in [-0.3, -0.25) is 9.46 Å². The Balaban J connectivity index is 4.09. The molecule has 23 heavy (non-hydrogen) atoms. The van der Waals surface area contributed by atoms with Crippen LogP contribution in [0.15, 0.2) is 0 Å². The topological polar surface area (TPSA) is 79.2 Å². The van der Waals surface area contributed by atoms with Gasteiger partial charge in [0.2, 0.25) is 0 Å². The molecule has 0 aliphatic heterocycles. The Morgan fingerprint density at radius 2 is 1.57 bits per heavy atom. The van der Waals surface area contributed by atoms with Gasteiger partial charge in [-0.25, -0.2) is 0 Å². The van der Waals surface area contributed by atoms with E-state index in [2.05, 4.69) is 6.92 Å². The van der Waals surface area contributed by atoms with Gasteiger partial charge >= 0.3 is 7.60 Å². The molecule has 0 aromatic rings. The van der Waals surface area contributed by atoms with Gasteiger partial charge in [0, 0.05) is 0 Å². The second-order valence-corrected chi connectivity index (χ2v) is 8.67. The van der Waals surface area contributed by atoms with Gasteiger partial charge in [-0.1, -0.05) is 52.4 Å². The predicted molar refractivity (Wildman–Crippen MR) is 96.6 cm³/mol. The highest BCUT2D eigenvalue weighted by atomic mass is 31.2. The highest BCUT2D eigenvalue weighted by Crippen LogP contribution is 2.49. The van der Waals surface area contributed by atoms with Crippen LogP contribution in [0.3, 0.4) is 0 Å². The van der Waals surface area contributed by atoms with Crippen LogP contribution in [-0.2, 0) is 13.6 Å². The summed E-state index contributed by atoms with van der Waals surface area (Å²) < 4.78 is 23.6. The molecular formula is C15H35NO5P2. The Bertz CT molecular complexity index is 318. The second kappa shape index (κ2) is 14.8. The summed E-state index contributed by atoms with van der Waals surface area (Å²) in [5, 5.41) is 0. The normalized spacial score (nSPS) is 14.6. The lowest BCUT2D eigenvalue weighted by atomic mass is 10.1. The molecule has 140 valence electrons. The van der Waals surface area contributed by atoms with Gasteiger partial charge in [-0.2, -0.15) is 0 Å². The van der Waals surface area contributed by atoms with Gasteiger partial charge < -0.3 is 18.8 Å². The van der Waals surface area contributed by atoms with Crippen LogP contribution < -0.4 is 0 Å². The van der Waals surface area contributed by atoms with Crippen LogP contribution >= 0.6 is 16.0 Å². The Morgan fingerprint density at radius 1 is 0.957 bits per heavy atom. The fourth-order valence-electron chi connectivity index (χ4n) is 2.25. The van der Waals surface area contributed by atoms with Crippen molar-refractivity contribution in [1.82, 2.24) is 4.90 Å². The Hall–Kier alpha value is 0.460. The molecule has 0 aliphatic carbocycles. The fraction of sp³-hybridized carbons (Fsp3) is 1.00. The summed E-state index contributed by atoms with van der Waals surface area (Å²) in [5.41, 5.74) is 0. The van der Waals surface area contributed by atoms with E-state index in [0.717, 1.165) is 12.8 Å². The Kier molecular flexibility index (Phi) is 15.1. The van der Waals surface area contributed by atoms with E-state index in [-0.39, 0.29) is 12.6 Å². The third-order valence-corrected chi connectivity index (χ3v) is 6.14. The van der Waals surface area contributed by atoms with E-state index in [1.807, 2.05) is 6.92 Å². The third kappa shape index (κ3) is 13.4. The quantitative estimate of drug-likeness (QED) is 0.307. The Morgan fingerprint density at radius 3 is 2.09 bits per heavy atom. The lowest BCUT2D eigenvalue weighted by molar-refractivity contribution is 0.192. The van der Waals surface area contributed by atoms with Gasteiger partial charge in [-0.15, -0.1) is 0 Å². The van der Waals surface area contributed by atoms with Crippen molar-refractivity contribution >= 4 is 16.0 Å². The molecular weight excluding hydrogens is 336 g/mol. The van der Waals surface area contributed by atoms with E-state index < -0.39 is 16.0 Å². The fourth-order valence-corrected chi connectivity index (χ4v) is 4.89. The molecule has 6 nitrogen and oxygen atoms in total. The SMILES string of the molecule is CCCCCCCCCOP(=O)(CN(CC)CP(O)O)OCC. The molecule has 0 rings (SSSR count). The lowest BCUT2D eigenvalue weighted by Gasteiger charge is -2.26. The largest absolute Gasteiger partial charge is 0.349 e. The average molecular weight is 371 g/mol. The van der Waals surface area contributed by atoms with Gasteiger partial charge in [0.25, 0.3) is 0 Å². The summed E-state index contributed by atoms with van der Waals surface area (Å²) in [6.07, 6.45) is 8.41. The molecule has 0 heterocycles. The van der Waals surface area contributed by atoms with Crippen molar-refractivity contribution < 1.29 is 23.4 Å². The monoisotopic (exact) mass is 371 g/mol. The van der Waals surface area contributed by atoms with Crippen LogP contribution in [0.2, 0.25) is 0 Å². The zero-order chi connectivity index (χ0) is 17.6. The molecule has 0 bridgehead atoms. The lowest BCUT2D eigenvalue weighted by Crippen LogP contribution is -2.26. The maximum atomic E-state index is 12.7. The van der Waals surface area contributed by atoms with Gasteiger partial charge in [-0.05, 0) is 19.9 Å². The van der Waals surface area contributed by atoms with Crippen molar-refractivity contribution in [2.45, 2.75) is 65.7 Å². The Labute approximate surface area is 143 Å². The van der Waals surface area contributed by atoms with Crippen molar-refractivity contribution in [3.8, 4) is 0 Å². The van der Waals surface area contributed by atoms with E-state index in [4.69, 9.17) is 18.8 Å². The standard InChI is InChI=1S/C15H35NO5P2/c1-4-7-8-9-10-11-12-13-21-23(19,20-6-3)15-16(5-2)14-22(17)18/h17-18H,4-15H2,1-3H3. The summed E-state index contributed by atoms with van der Waals surface area (Å²) >= 11 is 0. The number of unbranched alkanes of at least 4 members (excludes halogenated alkanes) is 6. The molecule has 1 atom stereocenters. The van der Waals surface area contributed by atoms with Gasteiger partial charge in [0.1, 0.15) is 6.29 Å². The van der Waals surface area contributed by atoms with E-state index in [1.54, 1.807) is 11.8 Å². The van der Waals surface area contributed by atoms with Crippen molar-refractivity contribution in [2.75, 3.05) is 32.3 Å². The summed E-state index contributed by atoms with van der Waals surface area (Å²) in [5.74, 6) is 0. The highest BCUT2D eigenvalue weighted by molar-refractivity contribution is 7.53. The summed E-state index contributed by atoms with van der Waals surface area (Å²) in [7, 11) is -5.24. The van der Waals surface area contributed by atoms with Crippen molar-refractivity contribution in [2.24, 2.45) is 0 Å². The van der Waals surface area contributed by atoms with Crippen LogP contribution in [0.25, 0.3) is 0 Å². The zero-order valence-electron chi connectivity index (χ0n) is 14.9. The molecule has 2 N–H and O–H groups in total. The minimum atomic E-state index is -3.20. The minimum absolute atomic E-state index is 0.101. The van der Waals surface area contributed by atoms with Crippen molar-refractivity contribution in [3.05, 3.63) is 0 Å². The van der Waals surface area contributed by atoms with Gasteiger partial charge in [0.15, 0.2) is 8.38 Å². The molecule has 0 saturated heterocycles. The summed E-state index contributed by atoms with van der Waals surface area (Å²) in [6, 6.07) is 0. The summed E-state index contributed by atoms with van der Waals surface area (Å²) in [4.78, 5) is 19.9. The molecule has 0 spiro atoms. The van der Waals surface area contributed by atoms with Crippen LogP contribution in [0.5, 0.6) is 0 Å². The second-order valence-electron chi connectivity index (χ2n) is 5.63. The average Bonchev–Trinajstić information content (AvgIpc) is 2.49. The maximum Gasteiger partial charge on any atom is 0.344 e. The summed E-state index contributed by atoms with van der Waals surface area (Å²) in [6.45, 7) is 7.18. The van der Waals surface area contributed by atoms with E-state index >= 15 is 0 Å². The van der Waals surface area contributed by atoms with Crippen LogP contribution in [0.1, 0.15) is 65.7 Å². The molecule has 0 aromatic heterocycles. The number of hydrogen-bond acceptors (Lipinski definition) is 6. The first-order chi connectivity index (χ1) is 11.0. The molecule has 0 radical (unpaired) electrons. The molecule has 1 unspecified atom stereocenters.